The number of aromatic nitrogens is 2. The smallest absolute Gasteiger partial charge is 0.273 e. The number of rotatable bonds is 6. The lowest BCUT2D eigenvalue weighted by molar-refractivity contribution is 0.0727. The molecule has 21 heavy (non-hydrogen) atoms. The van der Waals surface area contributed by atoms with Gasteiger partial charge < -0.3 is 15.5 Å². The second-order valence-corrected chi connectivity index (χ2v) is 5.85. The minimum Gasteiger partial charge on any atom is -0.375 e. The molecule has 0 saturated carbocycles. The van der Waals surface area contributed by atoms with Crippen molar-refractivity contribution in [2.45, 2.75) is 6.54 Å². The number of nitrogens with zero attached hydrogens (tertiary/aromatic N) is 4. The van der Waals surface area contributed by atoms with Crippen molar-refractivity contribution in [3.63, 3.8) is 0 Å². The fourth-order valence-corrected chi connectivity index (χ4v) is 2.37. The third-order valence-electron chi connectivity index (χ3n) is 2.94. The normalized spacial score (nSPS) is 10.8. The van der Waals surface area contributed by atoms with E-state index in [4.69, 9.17) is 5.73 Å². The SMILES string of the molecule is CN(C)CCN(Cc1cccnc1)C(=O)c1csc(N)n1. The summed E-state index contributed by atoms with van der Waals surface area (Å²) < 4.78 is 0. The van der Waals surface area contributed by atoms with E-state index in [-0.39, 0.29) is 5.91 Å². The molecule has 0 atom stereocenters. The summed E-state index contributed by atoms with van der Waals surface area (Å²) in [5.41, 5.74) is 7.01. The Bertz CT molecular complexity index is 584. The summed E-state index contributed by atoms with van der Waals surface area (Å²) in [5, 5.41) is 2.11. The van der Waals surface area contributed by atoms with Gasteiger partial charge in [0.05, 0.1) is 0 Å². The van der Waals surface area contributed by atoms with E-state index >= 15 is 0 Å². The van der Waals surface area contributed by atoms with Crippen molar-refractivity contribution in [2.75, 3.05) is 32.9 Å². The zero-order valence-electron chi connectivity index (χ0n) is 12.2. The highest BCUT2D eigenvalue weighted by Crippen LogP contribution is 2.14. The number of amides is 1. The number of pyridine rings is 1. The van der Waals surface area contributed by atoms with E-state index in [1.165, 1.54) is 11.3 Å². The molecule has 0 aliphatic heterocycles. The van der Waals surface area contributed by atoms with Crippen LogP contribution in [0.4, 0.5) is 5.13 Å². The molecule has 1 amide bonds. The number of nitrogens with two attached hydrogens (primary N) is 1. The van der Waals surface area contributed by atoms with Gasteiger partial charge in [0.25, 0.3) is 5.91 Å². The lowest BCUT2D eigenvalue weighted by Crippen LogP contribution is -2.36. The Kier molecular flexibility index (Phi) is 5.24. The summed E-state index contributed by atoms with van der Waals surface area (Å²) in [6.07, 6.45) is 3.49. The predicted molar refractivity (Wildman–Crippen MR) is 84.1 cm³/mol. The Balaban J connectivity index is 2.13. The second-order valence-electron chi connectivity index (χ2n) is 4.96. The van der Waals surface area contributed by atoms with Crippen LogP contribution in [0, 0.1) is 0 Å². The standard InChI is InChI=1S/C14H19N5OS/c1-18(2)6-7-19(9-11-4-3-5-16-8-11)13(20)12-10-21-14(15)17-12/h3-5,8,10H,6-7,9H2,1-2H3,(H2,15,17). The summed E-state index contributed by atoms with van der Waals surface area (Å²) >= 11 is 1.28. The quantitative estimate of drug-likeness (QED) is 0.871. The Morgan fingerprint density at radius 3 is 2.76 bits per heavy atom. The fraction of sp³-hybridized carbons (Fsp3) is 0.357. The van der Waals surface area contributed by atoms with E-state index in [2.05, 4.69) is 9.97 Å². The first-order valence-electron chi connectivity index (χ1n) is 6.60. The molecule has 0 unspecified atom stereocenters. The van der Waals surface area contributed by atoms with E-state index in [9.17, 15) is 4.79 Å². The molecule has 2 rings (SSSR count). The molecule has 0 fully saturated rings. The van der Waals surface area contributed by atoms with Crippen molar-refractivity contribution >= 4 is 22.4 Å². The molecule has 0 aliphatic carbocycles. The van der Waals surface area contributed by atoms with Crippen molar-refractivity contribution in [1.82, 2.24) is 19.8 Å². The number of likely N-dealkylation sites (N-methyl/N-ethyl adjacent to an activating group) is 1. The van der Waals surface area contributed by atoms with Crippen LogP contribution in [-0.2, 0) is 6.54 Å². The maximum absolute atomic E-state index is 12.6. The van der Waals surface area contributed by atoms with Crippen LogP contribution in [0.3, 0.4) is 0 Å². The first kappa shape index (κ1) is 15.4. The number of hydrogen-bond acceptors (Lipinski definition) is 6. The van der Waals surface area contributed by atoms with E-state index in [1.54, 1.807) is 22.7 Å². The van der Waals surface area contributed by atoms with Gasteiger partial charge in [0.1, 0.15) is 5.69 Å². The lowest BCUT2D eigenvalue weighted by Gasteiger charge is -2.23. The fourth-order valence-electron chi connectivity index (χ4n) is 1.83. The maximum Gasteiger partial charge on any atom is 0.273 e. The Hall–Kier alpha value is -1.99. The zero-order chi connectivity index (χ0) is 15.2. The average molecular weight is 305 g/mol. The van der Waals surface area contributed by atoms with Crippen molar-refractivity contribution in [1.29, 1.82) is 0 Å². The maximum atomic E-state index is 12.6. The molecule has 0 radical (unpaired) electrons. The number of carbonyl (C=O) groups is 1. The molecule has 6 nitrogen and oxygen atoms in total. The van der Waals surface area contributed by atoms with Crippen LogP contribution in [0.5, 0.6) is 0 Å². The van der Waals surface area contributed by atoms with Gasteiger partial charge >= 0.3 is 0 Å². The van der Waals surface area contributed by atoms with Crippen LogP contribution in [0.1, 0.15) is 16.1 Å². The third kappa shape index (κ3) is 4.51. The monoisotopic (exact) mass is 305 g/mol. The number of hydrogen-bond donors (Lipinski definition) is 1. The number of nitrogen functional groups attached to an aromatic ring is 1. The first-order chi connectivity index (χ1) is 10.1. The number of anilines is 1. The number of thiazole rings is 1. The highest BCUT2D eigenvalue weighted by atomic mass is 32.1. The van der Waals surface area contributed by atoms with E-state index in [0.29, 0.717) is 23.9 Å². The van der Waals surface area contributed by atoms with E-state index in [1.807, 2.05) is 31.1 Å². The highest BCUT2D eigenvalue weighted by molar-refractivity contribution is 7.13. The van der Waals surface area contributed by atoms with Crippen molar-refractivity contribution in [3.05, 3.63) is 41.2 Å². The second kappa shape index (κ2) is 7.14. The molecular formula is C14H19N5OS. The molecule has 0 saturated heterocycles. The largest absolute Gasteiger partial charge is 0.375 e. The van der Waals surface area contributed by atoms with E-state index < -0.39 is 0 Å². The van der Waals surface area contributed by atoms with Crippen LogP contribution in [0.15, 0.2) is 29.9 Å². The van der Waals surface area contributed by atoms with Crippen LogP contribution in [0.25, 0.3) is 0 Å². The Labute approximate surface area is 128 Å². The zero-order valence-corrected chi connectivity index (χ0v) is 13.0. The van der Waals surface area contributed by atoms with Gasteiger partial charge in [0.15, 0.2) is 5.13 Å². The third-order valence-corrected chi connectivity index (χ3v) is 3.62. The van der Waals surface area contributed by atoms with Gasteiger partial charge in [-0.25, -0.2) is 4.98 Å². The minimum absolute atomic E-state index is 0.103. The van der Waals surface area contributed by atoms with Crippen LogP contribution in [0.2, 0.25) is 0 Å². The van der Waals surface area contributed by atoms with Crippen molar-refractivity contribution in [2.24, 2.45) is 0 Å². The molecule has 112 valence electrons. The summed E-state index contributed by atoms with van der Waals surface area (Å²) in [6, 6.07) is 3.82. The lowest BCUT2D eigenvalue weighted by atomic mass is 10.2. The molecule has 0 aliphatic rings. The molecule has 0 spiro atoms. The topological polar surface area (TPSA) is 75.3 Å². The molecule has 0 aromatic carbocycles. The summed E-state index contributed by atoms with van der Waals surface area (Å²) in [4.78, 5) is 24.5. The van der Waals surface area contributed by atoms with Crippen LogP contribution >= 0.6 is 11.3 Å². The Morgan fingerprint density at radius 2 is 2.19 bits per heavy atom. The molecule has 7 heteroatoms. The molecular weight excluding hydrogens is 286 g/mol. The van der Waals surface area contributed by atoms with Gasteiger partial charge in [0.2, 0.25) is 0 Å². The van der Waals surface area contributed by atoms with Gasteiger partial charge in [-0.1, -0.05) is 6.07 Å². The Morgan fingerprint density at radius 1 is 1.38 bits per heavy atom. The molecule has 0 bridgehead atoms. The highest BCUT2D eigenvalue weighted by Gasteiger charge is 2.19. The van der Waals surface area contributed by atoms with Gasteiger partial charge in [-0.3, -0.25) is 9.78 Å². The number of carbonyl (C=O) groups excluding carboxylic acids is 1. The predicted octanol–water partition coefficient (Wildman–Crippen LogP) is 1.32. The first-order valence-corrected chi connectivity index (χ1v) is 7.48. The molecule has 2 heterocycles. The van der Waals surface area contributed by atoms with Gasteiger partial charge in [-0.15, -0.1) is 11.3 Å². The van der Waals surface area contributed by atoms with Gasteiger partial charge in [-0.2, -0.15) is 0 Å². The van der Waals surface area contributed by atoms with Crippen LogP contribution < -0.4 is 5.73 Å². The van der Waals surface area contributed by atoms with Gasteiger partial charge in [0, 0.05) is 37.4 Å². The van der Waals surface area contributed by atoms with Crippen molar-refractivity contribution in [3.8, 4) is 0 Å². The molecule has 2 aromatic rings. The van der Waals surface area contributed by atoms with E-state index in [0.717, 1.165) is 12.1 Å². The van der Waals surface area contributed by atoms with Crippen LogP contribution in [-0.4, -0.2) is 52.9 Å². The van der Waals surface area contributed by atoms with Gasteiger partial charge in [-0.05, 0) is 25.7 Å². The molecule has 2 N–H and O–H groups in total. The summed E-state index contributed by atoms with van der Waals surface area (Å²) in [5.74, 6) is -0.103. The summed E-state index contributed by atoms with van der Waals surface area (Å²) in [6.45, 7) is 1.92. The molecule has 2 aromatic heterocycles. The minimum atomic E-state index is -0.103. The van der Waals surface area contributed by atoms with Crippen molar-refractivity contribution < 1.29 is 4.79 Å². The summed E-state index contributed by atoms with van der Waals surface area (Å²) in [7, 11) is 3.96. The average Bonchev–Trinajstić information content (AvgIpc) is 2.90.